The smallest absolute Gasteiger partial charge is 0.415 e. The van der Waals surface area contributed by atoms with Gasteiger partial charge in [0.15, 0.2) is 5.65 Å². The fraction of sp³-hybridized carbons (Fsp3) is 0.588. The summed E-state index contributed by atoms with van der Waals surface area (Å²) in [5.74, 6) is 1.06. The first-order valence-corrected chi connectivity index (χ1v) is 16.1. The average molecular weight is 619 g/mol. The zero-order valence-electron chi connectivity index (χ0n) is 27.3. The van der Waals surface area contributed by atoms with Crippen LogP contribution in [-0.4, -0.2) is 74.2 Å². The Labute approximate surface area is 265 Å². The molecule has 11 nitrogen and oxygen atoms in total. The first-order valence-electron chi connectivity index (χ1n) is 16.1. The Kier molecular flexibility index (Phi) is 8.18. The van der Waals surface area contributed by atoms with Crippen LogP contribution in [0.5, 0.6) is 0 Å². The second-order valence-corrected chi connectivity index (χ2v) is 14.6. The van der Waals surface area contributed by atoms with Crippen LogP contribution in [0.15, 0.2) is 42.6 Å². The van der Waals surface area contributed by atoms with E-state index in [-0.39, 0.29) is 17.8 Å². The van der Waals surface area contributed by atoms with Gasteiger partial charge in [-0.15, -0.1) is 5.10 Å². The minimum atomic E-state index is -0.661. The van der Waals surface area contributed by atoms with Crippen molar-refractivity contribution in [3.8, 4) is 0 Å². The molecule has 1 saturated carbocycles. The highest BCUT2D eigenvalue weighted by Gasteiger charge is 2.48. The van der Waals surface area contributed by atoms with Gasteiger partial charge in [0.1, 0.15) is 17.0 Å². The number of hydrogen-bond donors (Lipinski definition) is 1. The van der Waals surface area contributed by atoms with Crippen LogP contribution in [0.2, 0.25) is 0 Å². The monoisotopic (exact) mass is 618 g/mol. The quantitative estimate of drug-likeness (QED) is 0.319. The van der Waals surface area contributed by atoms with Crippen molar-refractivity contribution in [3.05, 3.63) is 53.9 Å². The number of likely N-dealkylation sites (tertiary alicyclic amines) is 1. The van der Waals surface area contributed by atoms with Gasteiger partial charge in [0.05, 0.1) is 35.8 Å². The highest BCUT2D eigenvalue weighted by atomic mass is 16.6. The van der Waals surface area contributed by atoms with Crippen LogP contribution in [0.1, 0.15) is 90.8 Å². The Morgan fingerprint density at radius 1 is 1.04 bits per heavy atom. The second-order valence-electron chi connectivity index (χ2n) is 14.6. The van der Waals surface area contributed by atoms with E-state index in [1.54, 1.807) is 9.80 Å². The number of carbonyl (C=O) groups is 2. The summed E-state index contributed by atoms with van der Waals surface area (Å²) in [7, 11) is 0. The molecule has 3 aliphatic rings. The van der Waals surface area contributed by atoms with E-state index in [4.69, 9.17) is 24.3 Å². The lowest BCUT2D eigenvalue weighted by Gasteiger charge is -2.52. The highest BCUT2D eigenvalue weighted by Crippen LogP contribution is 2.43. The lowest BCUT2D eigenvalue weighted by molar-refractivity contribution is -0.218. The molecule has 45 heavy (non-hydrogen) atoms. The summed E-state index contributed by atoms with van der Waals surface area (Å²) in [6, 6.07) is 11.8. The molecule has 4 heterocycles. The van der Waals surface area contributed by atoms with Crippen molar-refractivity contribution in [2.75, 3.05) is 29.9 Å². The minimum absolute atomic E-state index is 0.0241. The van der Waals surface area contributed by atoms with E-state index < -0.39 is 17.3 Å². The molecule has 6 rings (SSSR count). The predicted molar refractivity (Wildman–Crippen MR) is 172 cm³/mol. The van der Waals surface area contributed by atoms with Gasteiger partial charge in [-0.3, -0.25) is 4.90 Å². The van der Waals surface area contributed by atoms with Crippen molar-refractivity contribution >= 4 is 29.3 Å². The summed E-state index contributed by atoms with van der Waals surface area (Å²) in [6.07, 6.45) is 5.91. The molecule has 1 atom stereocenters. The van der Waals surface area contributed by atoms with Crippen molar-refractivity contribution in [2.24, 2.45) is 0 Å². The number of amides is 2. The number of nitrogens with zero attached hydrogens (tertiary/aromatic N) is 5. The van der Waals surface area contributed by atoms with Gasteiger partial charge in [0.25, 0.3) is 0 Å². The van der Waals surface area contributed by atoms with Crippen LogP contribution in [0.25, 0.3) is 5.65 Å². The highest BCUT2D eigenvalue weighted by molar-refractivity contribution is 5.93. The number of fused-ring (bicyclic) bond motifs is 1. The van der Waals surface area contributed by atoms with Gasteiger partial charge in [-0.05, 0) is 72.8 Å². The zero-order chi connectivity index (χ0) is 32.0. The fourth-order valence-corrected chi connectivity index (χ4v) is 6.08. The number of nitrogens with one attached hydrogen (secondary N) is 1. The molecule has 1 N–H and O–H groups in total. The lowest BCUT2D eigenvalue weighted by atomic mass is 9.80. The molecule has 2 aromatic heterocycles. The third-order valence-corrected chi connectivity index (χ3v) is 8.41. The molecule has 242 valence electrons. The van der Waals surface area contributed by atoms with Gasteiger partial charge in [0.2, 0.25) is 0 Å². The molecule has 0 radical (unpaired) electrons. The van der Waals surface area contributed by atoms with E-state index in [1.165, 1.54) is 0 Å². The van der Waals surface area contributed by atoms with Gasteiger partial charge in [0, 0.05) is 38.0 Å². The fourth-order valence-electron chi connectivity index (χ4n) is 6.08. The third-order valence-electron chi connectivity index (χ3n) is 8.41. The third kappa shape index (κ3) is 7.35. The van der Waals surface area contributed by atoms with Gasteiger partial charge in [-0.1, -0.05) is 30.3 Å². The molecular formula is C34H46N6O5. The lowest BCUT2D eigenvalue weighted by Crippen LogP contribution is -2.59. The Morgan fingerprint density at radius 2 is 1.71 bits per heavy atom. The standard InChI is InChI=1S/C34H46N6O5/c1-32(2,3)44-30(41)38-16-14-34(15-17-38)19-25(43-34)20-35-28-18-26(29-36-21-27(24-12-13-24)40(29)37-28)39(31(42)45-33(4,5)6)22-23-10-8-7-9-11-23/h7-11,18,21,24-25H,12-17,19-20,22H2,1-6H3,(H,35,37). The number of hydrogen-bond acceptors (Lipinski definition) is 8. The van der Waals surface area contributed by atoms with E-state index in [0.29, 0.717) is 49.2 Å². The maximum Gasteiger partial charge on any atom is 0.415 e. The van der Waals surface area contributed by atoms with Gasteiger partial charge in [-0.2, -0.15) is 0 Å². The van der Waals surface area contributed by atoms with E-state index >= 15 is 0 Å². The summed E-state index contributed by atoms with van der Waals surface area (Å²) in [5.41, 5.74) is 1.93. The number of carbonyl (C=O) groups excluding carboxylic acids is 2. The number of imidazole rings is 1. The SMILES string of the molecule is CC(C)(C)OC(=O)N1CCC2(CC1)CC(CNc1cc(N(Cc3ccccc3)C(=O)OC(C)(C)C)c3ncc(C4CC4)n3n1)O2. The zero-order valence-corrected chi connectivity index (χ0v) is 27.3. The Balaban J connectivity index is 1.18. The van der Waals surface area contributed by atoms with Gasteiger partial charge in [-0.25, -0.2) is 19.1 Å². The summed E-state index contributed by atoms with van der Waals surface area (Å²) < 4.78 is 19.7. The van der Waals surface area contributed by atoms with Crippen molar-refractivity contribution in [3.63, 3.8) is 0 Å². The van der Waals surface area contributed by atoms with Crippen LogP contribution in [0.4, 0.5) is 21.1 Å². The molecule has 2 amide bonds. The molecule has 3 aromatic rings. The Bertz CT molecular complexity index is 1520. The number of aromatic nitrogens is 3. The molecule has 3 fully saturated rings. The molecule has 1 unspecified atom stereocenters. The second kappa shape index (κ2) is 11.8. The molecule has 2 aliphatic heterocycles. The maximum absolute atomic E-state index is 13.7. The predicted octanol–water partition coefficient (Wildman–Crippen LogP) is 6.52. The first kappa shape index (κ1) is 31.1. The van der Waals surface area contributed by atoms with E-state index in [2.05, 4.69) is 5.32 Å². The van der Waals surface area contributed by atoms with Crippen LogP contribution in [-0.2, 0) is 20.8 Å². The molecular weight excluding hydrogens is 572 g/mol. The number of piperidine rings is 1. The number of rotatable bonds is 7. The topological polar surface area (TPSA) is 111 Å². The van der Waals surface area contributed by atoms with E-state index in [1.807, 2.05) is 88.7 Å². The minimum Gasteiger partial charge on any atom is -0.444 e. The van der Waals surface area contributed by atoms with Crippen LogP contribution in [0.3, 0.4) is 0 Å². The molecule has 1 spiro atoms. The van der Waals surface area contributed by atoms with E-state index in [0.717, 1.165) is 43.4 Å². The van der Waals surface area contributed by atoms with Crippen LogP contribution < -0.4 is 10.2 Å². The number of anilines is 2. The molecule has 11 heteroatoms. The summed E-state index contributed by atoms with van der Waals surface area (Å²) in [5, 5.41) is 8.41. The van der Waals surface area contributed by atoms with Gasteiger partial charge < -0.3 is 24.4 Å². The number of benzene rings is 1. The Hall–Kier alpha value is -3.86. The molecule has 2 saturated heterocycles. The van der Waals surface area contributed by atoms with Gasteiger partial charge >= 0.3 is 12.2 Å². The normalized spacial score (nSPS) is 19.7. The summed E-state index contributed by atoms with van der Waals surface area (Å²) >= 11 is 0. The van der Waals surface area contributed by atoms with E-state index in [9.17, 15) is 9.59 Å². The first-order chi connectivity index (χ1) is 21.3. The Morgan fingerprint density at radius 3 is 2.33 bits per heavy atom. The molecule has 1 aromatic carbocycles. The summed E-state index contributed by atoms with van der Waals surface area (Å²) in [4.78, 5) is 34.3. The number of ether oxygens (including phenoxy) is 3. The van der Waals surface area contributed by atoms with Crippen molar-refractivity contribution in [2.45, 2.75) is 109 Å². The van der Waals surface area contributed by atoms with Crippen molar-refractivity contribution in [1.29, 1.82) is 0 Å². The van der Waals surface area contributed by atoms with Crippen molar-refractivity contribution in [1.82, 2.24) is 19.5 Å². The van der Waals surface area contributed by atoms with Crippen LogP contribution >= 0.6 is 0 Å². The average Bonchev–Trinajstić information content (AvgIpc) is 3.70. The summed E-state index contributed by atoms with van der Waals surface area (Å²) in [6.45, 7) is 13.4. The molecule has 0 bridgehead atoms. The van der Waals surface area contributed by atoms with Crippen LogP contribution in [0, 0.1) is 0 Å². The largest absolute Gasteiger partial charge is 0.444 e. The maximum atomic E-state index is 13.7. The van der Waals surface area contributed by atoms with Crippen molar-refractivity contribution < 1.29 is 23.8 Å². The molecule has 1 aliphatic carbocycles.